The van der Waals surface area contributed by atoms with E-state index in [4.69, 9.17) is 9.84 Å². The molecule has 6 heteroatoms. The van der Waals surface area contributed by atoms with Crippen molar-refractivity contribution in [2.24, 2.45) is 0 Å². The number of alkyl halides is 3. The summed E-state index contributed by atoms with van der Waals surface area (Å²) in [5, 5.41) is 8.60. The molecule has 116 valence electrons. The molecule has 0 aliphatic heterocycles. The summed E-state index contributed by atoms with van der Waals surface area (Å²) in [6.45, 7) is -0.0800. The summed E-state index contributed by atoms with van der Waals surface area (Å²) in [5.41, 5.74) is 0.952. The molecule has 1 rings (SSSR count). The van der Waals surface area contributed by atoms with Crippen LogP contribution in [0.3, 0.4) is 0 Å². The second kappa shape index (κ2) is 8.65. The zero-order chi connectivity index (χ0) is 15.7. The topological polar surface area (TPSA) is 29.5 Å². The molecular formula is C15H16F4O2. The molecule has 0 spiro atoms. The van der Waals surface area contributed by atoms with Gasteiger partial charge in [-0.2, -0.15) is 13.2 Å². The molecule has 1 aromatic carbocycles. The van der Waals surface area contributed by atoms with Crippen LogP contribution in [-0.4, -0.2) is 24.5 Å². The molecule has 0 saturated carbocycles. The third-order valence-corrected chi connectivity index (χ3v) is 2.44. The summed E-state index contributed by atoms with van der Waals surface area (Å²) in [7, 11) is 0. The van der Waals surface area contributed by atoms with Gasteiger partial charge in [0.05, 0.1) is 13.2 Å². The van der Waals surface area contributed by atoms with Crippen LogP contribution >= 0.6 is 0 Å². The predicted octanol–water partition coefficient (Wildman–Crippen LogP) is 3.42. The quantitative estimate of drug-likeness (QED) is 0.496. The highest BCUT2D eigenvalue weighted by atomic mass is 19.4. The van der Waals surface area contributed by atoms with Gasteiger partial charge in [0.2, 0.25) is 0 Å². The normalized spacial score (nSPS) is 11.1. The van der Waals surface area contributed by atoms with Crippen LogP contribution in [0.25, 0.3) is 0 Å². The Bertz CT molecular complexity index is 501. The van der Waals surface area contributed by atoms with E-state index in [2.05, 4.69) is 11.8 Å². The number of aliphatic hydroxyl groups is 1. The van der Waals surface area contributed by atoms with E-state index in [0.29, 0.717) is 17.5 Å². The smallest absolute Gasteiger partial charge is 0.389 e. The van der Waals surface area contributed by atoms with Crippen molar-refractivity contribution in [1.82, 2.24) is 0 Å². The number of hydrogen-bond acceptors (Lipinski definition) is 2. The van der Waals surface area contributed by atoms with E-state index in [1.54, 1.807) is 6.07 Å². The van der Waals surface area contributed by atoms with Gasteiger partial charge in [-0.3, -0.25) is 0 Å². The first-order valence-corrected chi connectivity index (χ1v) is 6.44. The standard InChI is InChI=1S/C15H16F4O2/c16-14-9-12(4-1-2-6-20)8-13(10-14)11-21-7-3-5-15(17,18)19/h8-10,20H,2-3,5-7,11H2. The highest BCUT2D eigenvalue weighted by Gasteiger charge is 2.25. The lowest BCUT2D eigenvalue weighted by molar-refractivity contribution is -0.138. The van der Waals surface area contributed by atoms with Crippen molar-refractivity contribution in [2.45, 2.75) is 32.0 Å². The molecule has 0 fully saturated rings. The molecule has 0 amide bonds. The third-order valence-electron chi connectivity index (χ3n) is 2.44. The molecule has 1 aromatic rings. The number of rotatable bonds is 6. The molecule has 21 heavy (non-hydrogen) atoms. The van der Waals surface area contributed by atoms with Gasteiger partial charge in [-0.15, -0.1) is 0 Å². The molecule has 0 unspecified atom stereocenters. The van der Waals surface area contributed by atoms with Crippen molar-refractivity contribution in [3.05, 3.63) is 35.1 Å². The highest BCUT2D eigenvalue weighted by Crippen LogP contribution is 2.21. The molecule has 0 saturated heterocycles. The van der Waals surface area contributed by atoms with Crippen molar-refractivity contribution < 1.29 is 27.4 Å². The van der Waals surface area contributed by atoms with Gasteiger partial charge in [-0.05, 0) is 30.2 Å². The van der Waals surface area contributed by atoms with E-state index >= 15 is 0 Å². The molecule has 0 bridgehead atoms. The van der Waals surface area contributed by atoms with Crippen molar-refractivity contribution in [1.29, 1.82) is 0 Å². The maximum Gasteiger partial charge on any atom is 0.389 e. The molecular weight excluding hydrogens is 288 g/mol. The van der Waals surface area contributed by atoms with E-state index in [9.17, 15) is 17.6 Å². The molecule has 0 aliphatic rings. The number of aliphatic hydroxyl groups excluding tert-OH is 1. The lowest BCUT2D eigenvalue weighted by Gasteiger charge is -2.07. The fourth-order valence-electron chi connectivity index (χ4n) is 1.59. The van der Waals surface area contributed by atoms with Crippen molar-refractivity contribution >= 4 is 0 Å². The van der Waals surface area contributed by atoms with Crippen LogP contribution in [0.5, 0.6) is 0 Å². The maximum atomic E-state index is 13.3. The zero-order valence-corrected chi connectivity index (χ0v) is 11.3. The monoisotopic (exact) mass is 304 g/mol. The van der Waals surface area contributed by atoms with E-state index in [1.807, 2.05) is 0 Å². The van der Waals surface area contributed by atoms with E-state index in [-0.39, 0.29) is 26.2 Å². The number of halogens is 4. The average Bonchev–Trinajstić information content (AvgIpc) is 2.37. The lowest BCUT2D eigenvalue weighted by atomic mass is 10.1. The SMILES string of the molecule is OCCC#Cc1cc(F)cc(COCCCC(F)(F)F)c1. The molecule has 0 aliphatic carbocycles. The fourth-order valence-corrected chi connectivity index (χ4v) is 1.59. The molecule has 1 N–H and O–H groups in total. The Hall–Kier alpha value is -1.58. The summed E-state index contributed by atoms with van der Waals surface area (Å²) in [6.07, 6.45) is -4.91. The van der Waals surface area contributed by atoms with Crippen molar-refractivity contribution in [2.75, 3.05) is 13.2 Å². The number of benzene rings is 1. The van der Waals surface area contributed by atoms with Crippen molar-refractivity contribution in [3.8, 4) is 11.8 Å². The minimum atomic E-state index is -4.18. The fraction of sp³-hybridized carbons (Fsp3) is 0.467. The predicted molar refractivity (Wildman–Crippen MR) is 69.9 cm³/mol. The first-order chi connectivity index (χ1) is 9.90. The van der Waals surface area contributed by atoms with Crippen LogP contribution in [0.1, 0.15) is 30.4 Å². The maximum absolute atomic E-state index is 13.3. The summed E-state index contributed by atoms with van der Waals surface area (Å²) in [6, 6.07) is 4.11. The second-order valence-electron chi connectivity index (χ2n) is 4.39. The van der Waals surface area contributed by atoms with Crippen LogP contribution in [0, 0.1) is 17.7 Å². The van der Waals surface area contributed by atoms with Crippen LogP contribution in [0.4, 0.5) is 17.6 Å². The highest BCUT2D eigenvalue weighted by molar-refractivity contribution is 5.37. The van der Waals surface area contributed by atoms with Crippen molar-refractivity contribution in [3.63, 3.8) is 0 Å². The van der Waals surface area contributed by atoms with Crippen LogP contribution in [0.15, 0.2) is 18.2 Å². The van der Waals surface area contributed by atoms with Crippen LogP contribution < -0.4 is 0 Å². The largest absolute Gasteiger partial charge is 0.395 e. The van der Waals surface area contributed by atoms with Gasteiger partial charge in [-0.1, -0.05) is 11.8 Å². The molecule has 0 heterocycles. The van der Waals surface area contributed by atoms with Gasteiger partial charge in [0.15, 0.2) is 0 Å². The average molecular weight is 304 g/mol. The number of hydrogen-bond donors (Lipinski definition) is 1. The first-order valence-electron chi connectivity index (χ1n) is 6.44. The Balaban J connectivity index is 2.46. The first kappa shape index (κ1) is 17.5. The molecule has 2 nitrogen and oxygen atoms in total. The second-order valence-corrected chi connectivity index (χ2v) is 4.39. The Morgan fingerprint density at radius 1 is 1.19 bits per heavy atom. The Labute approximate surface area is 120 Å². The molecule has 0 aromatic heterocycles. The van der Waals surface area contributed by atoms with Gasteiger partial charge in [0.1, 0.15) is 5.82 Å². The van der Waals surface area contributed by atoms with Gasteiger partial charge < -0.3 is 9.84 Å². The Morgan fingerprint density at radius 3 is 2.62 bits per heavy atom. The summed E-state index contributed by atoms with van der Waals surface area (Å²) >= 11 is 0. The van der Waals surface area contributed by atoms with Gasteiger partial charge >= 0.3 is 6.18 Å². The third kappa shape index (κ3) is 8.33. The lowest BCUT2D eigenvalue weighted by Crippen LogP contribution is -2.08. The van der Waals surface area contributed by atoms with E-state index in [1.165, 1.54) is 12.1 Å². The Morgan fingerprint density at radius 2 is 1.95 bits per heavy atom. The summed E-state index contributed by atoms with van der Waals surface area (Å²) < 4.78 is 54.2. The molecule has 0 radical (unpaired) electrons. The van der Waals surface area contributed by atoms with E-state index in [0.717, 1.165) is 0 Å². The summed E-state index contributed by atoms with van der Waals surface area (Å²) in [4.78, 5) is 0. The van der Waals surface area contributed by atoms with Gasteiger partial charge in [0, 0.05) is 25.0 Å². The van der Waals surface area contributed by atoms with Crippen LogP contribution in [-0.2, 0) is 11.3 Å². The molecule has 0 atom stereocenters. The summed E-state index contributed by atoms with van der Waals surface area (Å²) in [5.74, 6) is 4.87. The zero-order valence-electron chi connectivity index (χ0n) is 11.3. The minimum absolute atomic E-state index is 0.0320. The van der Waals surface area contributed by atoms with Gasteiger partial charge in [-0.25, -0.2) is 4.39 Å². The van der Waals surface area contributed by atoms with Gasteiger partial charge in [0.25, 0.3) is 0 Å². The van der Waals surface area contributed by atoms with E-state index < -0.39 is 18.4 Å². The Kier molecular flexibility index (Phi) is 7.20. The number of ether oxygens (including phenoxy) is 1. The van der Waals surface area contributed by atoms with Crippen LogP contribution in [0.2, 0.25) is 0 Å². The minimum Gasteiger partial charge on any atom is -0.395 e.